The van der Waals surface area contributed by atoms with Crippen molar-refractivity contribution in [3.8, 4) is 0 Å². The third-order valence-electron chi connectivity index (χ3n) is 0. The summed E-state index contributed by atoms with van der Waals surface area (Å²) >= 11 is 0. The highest BCUT2D eigenvalue weighted by molar-refractivity contribution is 2.23. The second-order valence-corrected chi connectivity index (χ2v) is 0. The molecule has 0 amide bonds. The lowest BCUT2D eigenvalue weighted by molar-refractivity contribution is 0.823. The Morgan fingerprint density at radius 1 is 0.0200 bits per heavy atom. The Kier molecular flexibility index (Phi) is 28400000. The molecule has 0 rings (SSSR count). The van der Waals surface area contributed by atoms with Gasteiger partial charge in [0.15, 0.2) is 0 Å². The van der Waals surface area contributed by atoms with Crippen LogP contribution in [0.3, 0.4) is 0 Å². The van der Waals surface area contributed by atoms with E-state index in [9.17, 15) is 0 Å². The first kappa shape index (κ1) is 54100. The quantitative estimate of drug-likeness (QED) is 0.112. The van der Waals surface area contributed by atoms with Crippen LogP contribution in [0.25, 0.3) is 0 Å². The second-order valence-electron chi connectivity index (χ2n) is 0. The molecule has 0 atom stereocenters. The zero-order valence-electron chi connectivity index (χ0n) is 98.9. The van der Waals surface area contributed by atoms with E-state index < -0.39 is 0 Å². The van der Waals surface area contributed by atoms with Crippen LogP contribution in [0.4, 0.5) is 0 Å². The van der Waals surface area contributed by atoms with Gasteiger partial charge in [0, 0.05) is 0 Å². The summed E-state index contributed by atoms with van der Waals surface area (Å²) < 4.78 is 0. The van der Waals surface area contributed by atoms with Crippen molar-refractivity contribution in [1.29, 1.82) is 0 Å². The number of quaternary nitrogens is 98. The Morgan fingerprint density at radius 3 is 0.0200 bits per heavy atom. The monoisotopic (exact) mass is 1800 g/mol. The first-order valence-corrected chi connectivity index (χ1v) is 0. The summed E-state index contributed by atoms with van der Waals surface area (Å²) in [5, 5.41) is 0. The van der Waals surface area contributed by atoms with Gasteiger partial charge < -0.3 is 614 Å². The molecule has 100 heteroatoms. The molecule has 394 N–H and O–H groups in total. The molecule has 100 nitrogen and oxygen atoms in total. The lowest BCUT2D eigenvalue weighted by Gasteiger charge is -0.871. The Morgan fingerprint density at radius 2 is 0.0200 bits per heavy atom. The van der Waals surface area contributed by atoms with Gasteiger partial charge in [-0.3, -0.25) is 0 Å². The number of hydrogen-bond acceptors (Lipinski definition) is 2. The summed E-state index contributed by atoms with van der Waals surface area (Å²) in [5.74, 6) is 0. The minimum absolute atomic E-state index is 0. The molecule has 100 heavy (non-hydrogen) atoms. The molecule has 0 aliphatic heterocycles. The maximum absolute atomic E-state index is 0. The van der Waals surface area contributed by atoms with Gasteiger partial charge in [-0.25, -0.2) is 0 Å². The van der Waals surface area contributed by atoms with Gasteiger partial charge in [-0.05, 0) is 0 Å². The average molecular weight is 1800 g/mol. The predicted molar refractivity (Wildman–Crippen MR) is 590 cm³/mol. The highest BCUT2D eigenvalue weighted by atomic mass is 16.0. The zero-order chi connectivity index (χ0) is 0. The van der Waals surface area contributed by atoms with E-state index in [1.165, 1.54) is 0 Å². The van der Waals surface area contributed by atoms with Gasteiger partial charge in [0.1, 0.15) is 0 Å². The highest BCUT2D eigenvalue weighted by Gasteiger charge is -0.272. The Hall–Kier alpha value is -4.00. The first-order chi connectivity index (χ1) is 0. The van der Waals surface area contributed by atoms with E-state index in [-0.39, 0.29) is 614 Å². The van der Waals surface area contributed by atoms with E-state index in [0.717, 1.165) is 0 Å². The summed E-state index contributed by atoms with van der Waals surface area (Å²) in [4.78, 5) is 0. The molecular formula is H394N98O2+96. The molecule has 800 valence electrons. The maximum atomic E-state index is 0. The summed E-state index contributed by atoms with van der Waals surface area (Å²) in [7, 11) is 0. The Labute approximate surface area is 614 Å². The summed E-state index contributed by atoms with van der Waals surface area (Å²) in [6.07, 6.45) is 0. The summed E-state index contributed by atoms with van der Waals surface area (Å²) in [6, 6.07) is 0. The molecule has 0 aromatic heterocycles. The number of hydrogen-bond donors (Lipinski definition) is 98. The maximum Gasteiger partial charge on any atom is -0.369 e. The third kappa shape index (κ3) is 50800. The molecule has 0 saturated carbocycles. The van der Waals surface area contributed by atoms with Crippen LogP contribution in [0.5, 0.6) is 0 Å². The molecule has 0 aliphatic carbocycles. The van der Waals surface area contributed by atoms with Crippen LogP contribution >= 0.6 is 0 Å². The van der Waals surface area contributed by atoms with E-state index >= 15 is 0 Å². The average Bonchev–Trinajstić information content (AvgIpc) is 0. The molecule has 0 aromatic carbocycles. The van der Waals surface area contributed by atoms with E-state index in [2.05, 4.69) is 0 Å². The van der Waals surface area contributed by atoms with E-state index in [0.29, 0.717) is 0 Å². The first-order valence-electron chi connectivity index (χ1n) is 0. The lowest BCUT2D eigenvalue weighted by atomic mass is 14.0. The molecule has 0 saturated heterocycles. The fraction of sp³-hybridized carbons (Fsp3) is 0. The normalized spacial score (nSPS) is 0. The minimum atomic E-state index is 0. The second kappa shape index (κ2) is 52500. The van der Waals surface area contributed by atoms with Gasteiger partial charge >= 0.3 is 0 Å². The van der Waals surface area contributed by atoms with Crippen molar-refractivity contribution in [3.05, 3.63) is 0 Å². The minimum Gasteiger partial charge on any atom is -0.870 e. The van der Waals surface area contributed by atoms with Gasteiger partial charge in [0.25, 0.3) is 0 Å². The molecule has 0 radical (unpaired) electrons. The highest BCUT2D eigenvalue weighted by Crippen LogP contribution is -0.286. The van der Waals surface area contributed by atoms with Gasteiger partial charge in [-0.2, -0.15) is 0 Å². The molecular weight excluding hydrogens is 1400 g/mol. The zero-order valence-corrected chi connectivity index (χ0v) is 98.9. The summed E-state index contributed by atoms with van der Waals surface area (Å²) in [6.45, 7) is 0. The van der Waals surface area contributed by atoms with Crippen molar-refractivity contribution in [2.24, 2.45) is 0 Å². The van der Waals surface area contributed by atoms with Gasteiger partial charge in [0.2, 0.25) is 0 Å². The SMILES string of the molecule is [NH4+].[NH4+].[NH4+].[NH4+].[NH4+].[NH4+].[NH4+].[NH4+].[NH4+].[NH4+].[NH4+].[NH4+].[NH4+].[NH4+].[NH4+].[NH4+].[NH4+].[NH4+].[NH4+].[NH4+].[NH4+].[NH4+].[NH4+].[NH4+].[NH4+].[NH4+].[NH4+].[NH4+].[NH4+].[NH4+].[NH4+].[NH4+].[NH4+].[NH4+].[NH4+].[NH4+].[NH4+].[NH4+].[NH4+].[NH4+].[NH4+].[NH4+].[NH4+].[NH4+].[NH4+].[NH4+].[NH4+].[NH4+].[NH4+].[NH4+].[NH4+].[NH4+].[NH4+].[NH4+].[NH4+].[NH4+].[NH4+].[NH4+].[NH4+].[NH4+].[NH4+].[NH4+].[NH4+].[NH4+].[NH4+].[NH4+].[NH4+].[NH4+].[NH4+].[NH4+].[NH4+].[NH4+].[NH4+].[NH4+].[NH4+].[NH4+].[NH4+].[NH4+].[NH4+].[NH4+].[NH4+].[NH4+].[NH4+].[NH4+].[NH4+].[NH4+].[NH4+].[NH4+].[NH4+].[NH4+].[NH4+].[NH4+].[NH4+].[NH4+].[NH4+].[NH4+].[NH4+].[NH4+].[OH-].[OH-]. The van der Waals surface area contributed by atoms with Crippen molar-refractivity contribution >= 4 is 0 Å². The third-order valence-corrected chi connectivity index (χ3v) is 0. The van der Waals surface area contributed by atoms with E-state index in [1.54, 1.807) is 0 Å². The van der Waals surface area contributed by atoms with Crippen LogP contribution < -0.4 is 603 Å². The summed E-state index contributed by atoms with van der Waals surface area (Å²) in [5.41, 5.74) is 0. The fourth-order valence-corrected chi connectivity index (χ4v) is 0. The molecule has 0 spiro atoms. The molecule has 0 heterocycles. The molecule has 0 aliphatic rings. The van der Waals surface area contributed by atoms with E-state index in [4.69, 9.17) is 0 Å². The van der Waals surface area contributed by atoms with Crippen LogP contribution in [0.15, 0.2) is 0 Å². The standard InChI is InChI=1S/98H3N.2H2O/h98*1H3;2*1H2/p+96. The van der Waals surface area contributed by atoms with Gasteiger partial charge in [0.05, 0.1) is 0 Å². The van der Waals surface area contributed by atoms with Crippen LogP contribution in [0.1, 0.15) is 0 Å². The number of rotatable bonds is 0. The fourth-order valence-electron chi connectivity index (χ4n) is 0. The smallest absolute Gasteiger partial charge is 0.369 e. The predicted octanol–water partition coefficient (Wildman–Crippen LogP) is 36.5. The molecule has 0 aromatic rings. The Bertz CT molecular complexity index is 14.1. The van der Waals surface area contributed by atoms with Crippen LogP contribution in [-0.2, 0) is 0 Å². The molecule has 0 fully saturated rings. The van der Waals surface area contributed by atoms with Crippen molar-refractivity contribution in [3.63, 3.8) is 0 Å². The van der Waals surface area contributed by atoms with Gasteiger partial charge in [-0.15, -0.1) is 0 Å². The van der Waals surface area contributed by atoms with E-state index in [1.807, 2.05) is 0 Å². The van der Waals surface area contributed by atoms with Gasteiger partial charge in [-0.1, -0.05) is 0 Å². The van der Waals surface area contributed by atoms with Crippen molar-refractivity contribution in [2.75, 3.05) is 0 Å². The van der Waals surface area contributed by atoms with Crippen molar-refractivity contribution in [2.45, 2.75) is 0 Å². The molecule has 0 unspecified atom stereocenters. The van der Waals surface area contributed by atoms with Crippen LogP contribution in [0, 0.1) is 0 Å². The Balaban J connectivity index is 0. The van der Waals surface area contributed by atoms with Crippen molar-refractivity contribution < 1.29 is 11.0 Å². The topological polar surface area (TPSA) is 3640 Å². The lowest BCUT2D eigenvalue weighted by Crippen LogP contribution is -0.482. The largest absolute Gasteiger partial charge is 0.870 e. The van der Waals surface area contributed by atoms with Crippen LogP contribution in [0.2, 0.25) is 0 Å². The van der Waals surface area contributed by atoms with Crippen LogP contribution in [-0.4, -0.2) is 11.0 Å². The molecule has 0 bridgehead atoms. The van der Waals surface area contributed by atoms with Crippen molar-refractivity contribution in [1.82, 2.24) is 603 Å².